The van der Waals surface area contributed by atoms with E-state index in [9.17, 15) is 9.59 Å². The van der Waals surface area contributed by atoms with Crippen molar-refractivity contribution >= 4 is 33.6 Å². The number of fused-ring (bicyclic) bond motifs is 4. The summed E-state index contributed by atoms with van der Waals surface area (Å²) >= 11 is 0. The van der Waals surface area contributed by atoms with Gasteiger partial charge in [-0.15, -0.1) is 0 Å². The molecular weight excluding hydrogens is 410 g/mol. The smallest absolute Gasteiger partial charge is 0.263 e. The SMILES string of the molecule is CN1C(=O)c2cccc(-n3c4ccccc4c4cc(-c5ccc(C#N)cc5)ccc43)c2C1=O. The maximum Gasteiger partial charge on any atom is 0.263 e. The summed E-state index contributed by atoms with van der Waals surface area (Å²) in [6, 6.07) is 29.4. The van der Waals surface area contributed by atoms with Crippen LogP contribution < -0.4 is 0 Å². The zero-order valence-corrected chi connectivity index (χ0v) is 17.7. The molecule has 0 spiro atoms. The van der Waals surface area contributed by atoms with E-state index in [4.69, 9.17) is 5.26 Å². The number of hydrogen-bond acceptors (Lipinski definition) is 3. The van der Waals surface area contributed by atoms with Crippen molar-refractivity contribution in [1.29, 1.82) is 5.26 Å². The van der Waals surface area contributed by atoms with Crippen LogP contribution in [0.3, 0.4) is 0 Å². The molecule has 1 aromatic heterocycles. The largest absolute Gasteiger partial charge is 0.308 e. The van der Waals surface area contributed by atoms with Crippen molar-refractivity contribution in [3.05, 3.63) is 102 Å². The van der Waals surface area contributed by atoms with Gasteiger partial charge in [0, 0.05) is 17.8 Å². The second-order valence-electron chi connectivity index (χ2n) is 8.14. The number of benzene rings is 4. The van der Waals surface area contributed by atoms with Crippen LogP contribution in [-0.4, -0.2) is 28.3 Å². The Morgan fingerprint density at radius 3 is 2.24 bits per heavy atom. The van der Waals surface area contributed by atoms with Gasteiger partial charge in [0.1, 0.15) is 0 Å². The minimum atomic E-state index is -0.286. The van der Waals surface area contributed by atoms with E-state index in [0.29, 0.717) is 22.4 Å². The van der Waals surface area contributed by atoms with Gasteiger partial charge in [0.05, 0.1) is 39.5 Å². The normalized spacial score (nSPS) is 13.0. The van der Waals surface area contributed by atoms with Gasteiger partial charge in [-0.05, 0) is 53.6 Å². The van der Waals surface area contributed by atoms with Crippen LogP contribution in [0.5, 0.6) is 0 Å². The van der Waals surface area contributed by atoms with E-state index in [1.54, 1.807) is 6.07 Å². The van der Waals surface area contributed by atoms with E-state index in [0.717, 1.165) is 32.9 Å². The van der Waals surface area contributed by atoms with Crippen LogP contribution in [0.4, 0.5) is 0 Å². The van der Waals surface area contributed by atoms with Crippen molar-refractivity contribution < 1.29 is 9.59 Å². The van der Waals surface area contributed by atoms with Crippen molar-refractivity contribution in [3.63, 3.8) is 0 Å². The van der Waals surface area contributed by atoms with Crippen LogP contribution in [0.2, 0.25) is 0 Å². The van der Waals surface area contributed by atoms with Crippen LogP contribution in [-0.2, 0) is 0 Å². The van der Waals surface area contributed by atoms with E-state index in [-0.39, 0.29) is 11.8 Å². The molecule has 0 fully saturated rings. The first-order chi connectivity index (χ1) is 16.1. The summed E-state index contributed by atoms with van der Waals surface area (Å²) in [7, 11) is 1.52. The first-order valence-corrected chi connectivity index (χ1v) is 10.6. The van der Waals surface area contributed by atoms with Gasteiger partial charge < -0.3 is 4.57 Å². The molecule has 156 valence electrons. The average molecular weight is 427 g/mol. The van der Waals surface area contributed by atoms with Gasteiger partial charge in [-0.25, -0.2) is 0 Å². The van der Waals surface area contributed by atoms with E-state index in [1.807, 2.05) is 66.7 Å². The Morgan fingerprint density at radius 2 is 1.45 bits per heavy atom. The number of aromatic nitrogens is 1. The number of nitriles is 1. The molecule has 6 rings (SSSR count). The molecule has 0 N–H and O–H groups in total. The summed E-state index contributed by atoms with van der Waals surface area (Å²) in [5, 5.41) is 11.2. The third kappa shape index (κ3) is 2.65. The fourth-order valence-corrected chi connectivity index (χ4v) is 4.72. The van der Waals surface area contributed by atoms with Gasteiger partial charge in [0.25, 0.3) is 11.8 Å². The maximum absolute atomic E-state index is 13.0. The lowest BCUT2D eigenvalue weighted by atomic mass is 10.0. The van der Waals surface area contributed by atoms with Crippen LogP contribution in [0, 0.1) is 11.3 Å². The Morgan fingerprint density at radius 1 is 0.727 bits per heavy atom. The molecule has 5 heteroatoms. The second-order valence-corrected chi connectivity index (χ2v) is 8.14. The number of para-hydroxylation sites is 1. The van der Waals surface area contributed by atoms with Crippen molar-refractivity contribution in [3.8, 4) is 22.9 Å². The fraction of sp³-hybridized carbons (Fsp3) is 0.0357. The predicted molar refractivity (Wildman–Crippen MR) is 127 cm³/mol. The van der Waals surface area contributed by atoms with Crippen molar-refractivity contribution in [1.82, 2.24) is 9.47 Å². The standard InChI is InChI=1S/C28H17N3O2/c1-30-27(32)21-6-4-8-25(26(21)28(30)33)31-23-7-3-2-5-20(23)22-15-19(13-14-24(22)31)18-11-9-17(16-29)10-12-18/h2-15H,1H3. The Labute approximate surface area is 189 Å². The van der Waals surface area contributed by atoms with Gasteiger partial charge in [-0.3, -0.25) is 14.5 Å². The van der Waals surface area contributed by atoms with Crippen LogP contribution in [0.1, 0.15) is 26.3 Å². The lowest BCUT2D eigenvalue weighted by Crippen LogP contribution is -2.24. The number of imide groups is 1. The summed E-state index contributed by atoms with van der Waals surface area (Å²) in [5.74, 6) is -0.563. The van der Waals surface area contributed by atoms with Gasteiger partial charge in [0.15, 0.2) is 0 Å². The summed E-state index contributed by atoms with van der Waals surface area (Å²) in [6.45, 7) is 0. The number of hydrogen-bond donors (Lipinski definition) is 0. The van der Waals surface area contributed by atoms with Crippen LogP contribution in [0.25, 0.3) is 38.6 Å². The van der Waals surface area contributed by atoms with E-state index < -0.39 is 0 Å². The Bertz CT molecular complexity index is 1670. The highest BCUT2D eigenvalue weighted by Gasteiger charge is 2.35. The topological polar surface area (TPSA) is 66.1 Å². The van der Waals surface area contributed by atoms with Crippen molar-refractivity contribution in [2.24, 2.45) is 0 Å². The zero-order chi connectivity index (χ0) is 22.7. The molecule has 0 unspecified atom stereocenters. The lowest BCUT2D eigenvalue weighted by molar-refractivity contribution is 0.0693. The summed E-state index contributed by atoms with van der Waals surface area (Å²) in [5.41, 5.74) is 6.18. The molecule has 33 heavy (non-hydrogen) atoms. The zero-order valence-electron chi connectivity index (χ0n) is 17.7. The molecule has 1 aliphatic heterocycles. The predicted octanol–water partition coefficient (Wildman–Crippen LogP) is 5.55. The molecule has 0 aliphatic carbocycles. The summed E-state index contributed by atoms with van der Waals surface area (Å²) in [4.78, 5) is 26.7. The molecule has 2 heterocycles. The average Bonchev–Trinajstić information content (AvgIpc) is 3.31. The van der Waals surface area contributed by atoms with Gasteiger partial charge in [-0.2, -0.15) is 5.26 Å². The number of nitrogens with zero attached hydrogens (tertiary/aromatic N) is 3. The molecule has 0 radical (unpaired) electrons. The van der Waals surface area contributed by atoms with Gasteiger partial charge >= 0.3 is 0 Å². The van der Waals surface area contributed by atoms with Crippen molar-refractivity contribution in [2.45, 2.75) is 0 Å². The highest BCUT2D eigenvalue weighted by Crippen LogP contribution is 2.37. The highest BCUT2D eigenvalue weighted by atomic mass is 16.2. The molecule has 4 aromatic carbocycles. The number of carbonyl (C=O) groups excluding carboxylic acids is 2. The molecular formula is C28H17N3O2. The number of rotatable bonds is 2. The molecule has 0 saturated heterocycles. The molecule has 0 saturated carbocycles. The summed E-state index contributed by atoms with van der Waals surface area (Å²) < 4.78 is 2.07. The van der Waals surface area contributed by atoms with Gasteiger partial charge in [-0.1, -0.05) is 42.5 Å². The van der Waals surface area contributed by atoms with Gasteiger partial charge in [0.2, 0.25) is 0 Å². The van der Waals surface area contributed by atoms with Crippen LogP contribution in [0.15, 0.2) is 84.9 Å². The number of carbonyl (C=O) groups is 2. The third-order valence-electron chi connectivity index (χ3n) is 6.36. The molecule has 0 atom stereocenters. The summed E-state index contributed by atoms with van der Waals surface area (Å²) in [6.07, 6.45) is 0. The maximum atomic E-state index is 13.0. The molecule has 1 aliphatic rings. The van der Waals surface area contributed by atoms with Crippen LogP contribution >= 0.6 is 0 Å². The lowest BCUT2D eigenvalue weighted by Gasteiger charge is -2.12. The Hall–Kier alpha value is -4.69. The first kappa shape index (κ1) is 19.0. The Kier molecular flexibility index (Phi) is 3.98. The quantitative estimate of drug-likeness (QED) is 0.347. The Balaban J connectivity index is 1.64. The van der Waals surface area contributed by atoms with E-state index >= 15 is 0 Å². The fourth-order valence-electron chi connectivity index (χ4n) is 4.72. The first-order valence-electron chi connectivity index (χ1n) is 10.6. The third-order valence-corrected chi connectivity index (χ3v) is 6.36. The molecule has 0 bridgehead atoms. The second kappa shape index (κ2) is 6.91. The molecule has 5 aromatic rings. The number of amides is 2. The minimum Gasteiger partial charge on any atom is -0.308 e. The minimum absolute atomic E-state index is 0.277. The highest BCUT2D eigenvalue weighted by molar-refractivity contribution is 6.23. The monoisotopic (exact) mass is 427 g/mol. The van der Waals surface area contributed by atoms with E-state index in [1.165, 1.54) is 11.9 Å². The van der Waals surface area contributed by atoms with Crippen molar-refractivity contribution in [2.75, 3.05) is 7.05 Å². The molecule has 2 amide bonds. The molecule has 5 nitrogen and oxygen atoms in total. The van der Waals surface area contributed by atoms with E-state index in [2.05, 4.69) is 22.8 Å².